The van der Waals surface area contributed by atoms with Crippen LogP contribution in [0.1, 0.15) is 42.4 Å². The largest absolute Gasteiger partial charge is 0.276 e. The highest BCUT2D eigenvalue weighted by atomic mass is 35.5. The summed E-state index contributed by atoms with van der Waals surface area (Å²) >= 11 is 6.32. The summed E-state index contributed by atoms with van der Waals surface area (Å²) in [6, 6.07) is 4.80. The fraction of sp³-hybridized carbons (Fsp3) is 0.231. The van der Waals surface area contributed by atoms with Gasteiger partial charge in [-0.1, -0.05) is 30.7 Å². The third-order valence-electron chi connectivity index (χ3n) is 5.47. The summed E-state index contributed by atoms with van der Waals surface area (Å²) in [5.74, 6) is -3.15. The van der Waals surface area contributed by atoms with Crippen LogP contribution in [0.25, 0.3) is 6.20 Å². The van der Waals surface area contributed by atoms with Gasteiger partial charge in [-0.25, -0.2) is 26.6 Å². The van der Waals surface area contributed by atoms with Crippen molar-refractivity contribution in [3.8, 4) is 0 Å². The molecular weight excluding hydrogens is 541 g/mol. The van der Waals surface area contributed by atoms with Crippen LogP contribution in [0.3, 0.4) is 0 Å². The number of hydrogen-bond acceptors (Lipinski definition) is 6. The van der Waals surface area contributed by atoms with Crippen molar-refractivity contribution in [3.63, 3.8) is 0 Å². The van der Waals surface area contributed by atoms with Crippen LogP contribution in [0.4, 0.5) is 13.2 Å². The van der Waals surface area contributed by atoms with Crippen molar-refractivity contribution in [2.45, 2.75) is 38.0 Å². The van der Waals surface area contributed by atoms with E-state index in [0.29, 0.717) is 12.0 Å². The van der Waals surface area contributed by atoms with Gasteiger partial charge in [-0.05, 0) is 44.0 Å². The molecule has 200 valence electrons. The molecule has 2 heterocycles. The molecule has 0 aliphatic carbocycles. The smallest absolute Gasteiger partial charge is 0.267 e. The predicted octanol–water partition coefficient (Wildman–Crippen LogP) is 5.42. The molecule has 3 rings (SSSR count). The minimum atomic E-state index is -3.95. The molecule has 0 aliphatic heterocycles. The molecule has 0 bridgehead atoms. The first kappa shape index (κ1) is 29.0. The molecule has 1 aromatic carbocycles. The molecule has 0 N–H and O–H groups in total. The maximum Gasteiger partial charge on any atom is 0.276 e. The first-order valence-electron chi connectivity index (χ1n) is 11.3. The van der Waals surface area contributed by atoms with Gasteiger partial charge in [0.05, 0.1) is 18.1 Å². The maximum absolute atomic E-state index is 15.6. The Morgan fingerprint density at radius 1 is 1.26 bits per heavy atom. The number of pyridine rings is 1. The zero-order chi connectivity index (χ0) is 28.2. The van der Waals surface area contributed by atoms with E-state index in [0.717, 1.165) is 29.3 Å². The van der Waals surface area contributed by atoms with Crippen molar-refractivity contribution in [2.75, 3.05) is 6.26 Å². The fourth-order valence-corrected chi connectivity index (χ4v) is 4.78. The Morgan fingerprint density at radius 2 is 1.97 bits per heavy atom. The maximum atomic E-state index is 15.6. The molecule has 12 heteroatoms. The normalized spacial score (nSPS) is 13.8. The molecule has 7 nitrogen and oxygen atoms in total. The lowest BCUT2D eigenvalue weighted by atomic mass is 9.99. The van der Waals surface area contributed by atoms with E-state index in [1.165, 1.54) is 43.6 Å². The van der Waals surface area contributed by atoms with Crippen molar-refractivity contribution in [2.24, 2.45) is 4.99 Å². The van der Waals surface area contributed by atoms with Gasteiger partial charge in [0.1, 0.15) is 27.3 Å². The van der Waals surface area contributed by atoms with Gasteiger partial charge in [-0.15, -0.1) is 0 Å². The summed E-state index contributed by atoms with van der Waals surface area (Å²) in [4.78, 5) is 24.6. The van der Waals surface area contributed by atoms with Crippen molar-refractivity contribution in [1.29, 1.82) is 0 Å². The summed E-state index contributed by atoms with van der Waals surface area (Å²) in [7, 11) is -3.95. The van der Waals surface area contributed by atoms with Gasteiger partial charge in [0.2, 0.25) is 0 Å². The van der Waals surface area contributed by atoms with Crippen LogP contribution >= 0.6 is 11.6 Å². The Balaban J connectivity index is 2.09. The lowest BCUT2D eigenvalue weighted by Crippen LogP contribution is -2.24. The van der Waals surface area contributed by atoms with Crippen LogP contribution in [0, 0.1) is 18.6 Å². The Hall–Kier alpha value is -3.57. The fourth-order valence-electron chi connectivity index (χ4n) is 3.70. The lowest BCUT2D eigenvalue weighted by molar-refractivity contribution is 0.568. The van der Waals surface area contributed by atoms with E-state index in [9.17, 15) is 17.6 Å². The summed E-state index contributed by atoms with van der Waals surface area (Å²) in [5.41, 5.74) is -0.933. The minimum absolute atomic E-state index is 0.0736. The van der Waals surface area contributed by atoms with Gasteiger partial charge >= 0.3 is 0 Å². The molecule has 0 saturated carbocycles. The zero-order valence-corrected chi connectivity index (χ0v) is 22.5. The zero-order valence-electron chi connectivity index (χ0n) is 20.9. The van der Waals surface area contributed by atoms with Crippen LogP contribution in [-0.2, 0) is 16.3 Å². The molecule has 0 spiro atoms. The van der Waals surface area contributed by atoms with Crippen molar-refractivity contribution < 1.29 is 21.6 Å². The molecule has 0 fully saturated rings. The average Bonchev–Trinajstić information content (AvgIpc) is 2.84. The number of sulfone groups is 1. The van der Waals surface area contributed by atoms with Crippen LogP contribution in [-0.4, -0.2) is 34.9 Å². The van der Waals surface area contributed by atoms with E-state index >= 15 is 8.78 Å². The van der Waals surface area contributed by atoms with E-state index < -0.39 is 54.9 Å². The van der Waals surface area contributed by atoms with Crippen LogP contribution < -0.4 is 5.56 Å². The minimum Gasteiger partial charge on any atom is -0.267 e. The van der Waals surface area contributed by atoms with Gasteiger partial charge in [-0.3, -0.25) is 19.3 Å². The predicted molar refractivity (Wildman–Crippen MR) is 141 cm³/mol. The number of aryl methyl sites for hydroxylation is 1. The molecule has 2 aromatic heterocycles. The lowest BCUT2D eigenvalue weighted by Gasteiger charge is -2.15. The molecular formula is C26H24ClF3N4O3S. The van der Waals surface area contributed by atoms with Crippen LogP contribution in [0.5, 0.6) is 0 Å². The van der Waals surface area contributed by atoms with E-state index in [1.54, 1.807) is 13.8 Å². The third-order valence-corrected chi connectivity index (χ3v) is 6.94. The van der Waals surface area contributed by atoms with E-state index in [4.69, 9.17) is 11.6 Å². The van der Waals surface area contributed by atoms with Crippen molar-refractivity contribution in [3.05, 3.63) is 104 Å². The van der Waals surface area contributed by atoms with Crippen LogP contribution in [0.2, 0.25) is 5.02 Å². The first-order chi connectivity index (χ1) is 17.8. The Labute approximate surface area is 223 Å². The number of aromatic nitrogens is 3. The van der Waals surface area contributed by atoms with Gasteiger partial charge in [0.15, 0.2) is 21.5 Å². The van der Waals surface area contributed by atoms with E-state index in [2.05, 4.69) is 15.0 Å². The van der Waals surface area contributed by atoms with Gasteiger partial charge in [-0.2, -0.15) is 0 Å². The summed E-state index contributed by atoms with van der Waals surface area (Å²) in [6.45, 7) is 4.80. The number of rotatable bonds is 8. The highest BCUT2D eigenvalue weighted by molar-refractivity contribution is 7.90. The Bertz CT molecular complexity index is 1630. The number of allylic oxidation sites excluding steroid dienone is 2. The number of hydrogen-bond donors (Lipinski definition) is 0. The quantitative estimate of drug-likeness (QED) is 0.341. The second kappa shape index (κ2) is 11.9. The van der Waals surface area contributed by atoms with Crippen LogP contribution in [0.15, 0.2) is 69.4 Å². The summed E-state index contributed by atoms with van der Waals surface area (Å²) in [6.07, 6.45) is 7.10. The van der Waals surface area contributed by atoms with Gasteiger partial charge in [0.25, 0.3) is 5.56 Å². The summed E-state index contributed by atoms with van der Waals surface area (Å²) in [5, 5.41) is -0.270. The first-order valence-corrected chi connectivity index (χ1v) is 13.6. The molecule has 1 atom stereocenters. The molecule has 3 aromatic rings. The Kier molecular flexibility index (Phi) is 9.05. The average molecular weight is 565 g/mol. The Morgan fingerprint density at radius 3 is 2.61 bits per heavy atom. The second-order valence-corrected chi connectivity index (χ2v) is 10.8. The molecule has 0 saturated heterocycles. The number of aliphatic imine (C=N–C) groups is 1. The molecule has 0 aliphatic rings. The molecule has 1 unspecified atom stereocenters. The van der Waals surface area contributed by atoms with E-state index in [1.807, 2.05) is 0 Å². The van der Waals surface area contributed by atoms with Crippen molar-refractivity contribution in [1.82, 2.24) is 14.5 Å². The topological polar surface area (TPSA) is 94.3 Å². The number of halogens is 4. The highest BCUT2D eigenvalue weighted by Crippen LogP contribution is 2.25. The summed E-state index contributed by atoms with van der Waals surface area (Å²) < 4.78 is 68.9. The molecule has 38 heavy (non-hydrogen) atoms. The molecule has 0 amide bonds. The number of nitrogens with zero attached hydrogens (tertiary/aromatic N) is 4. The highest BCUT2D eigenvalue weighted by Gasteiger charge is 2.23. The third kappa shape index (κ3) is 6.46. The van der Waals surface area contributed by atoms with Crippen molar-refractivity contribution >= 4 is 33.3 Å². The number of benzene rings is 1. The standard InChI is InChI=1S/C26H24ClF3N4O3S/c1-5-9-32-25(19-7-6-8-21(23(19)30)38(4,36)37)20(29)14-34-16(3)33-24(22(27)26(34)35)15(2)10-17-11-18(28)13-31-12-17/h5-9,11-15H,10H2,1-4H3/b9-5+,20-14-,32-25+. The second-order valence-electron chi connectivity index (χ2n) is 8.48. The SMILES string of the molecule is C/C=C/N=C(/C(F)=C/n1c(C)nc(C(C)Cc2cncc(F)c2)c(Cl)c1=O)c1cccc(S(C)(=O)=O)c1F. The van der Waals surface area contributed by atoms with Gasteiger partial charge in [0, 0.05) is 30.1 Å². The monoisotopic (exact) mass is 564 g/mol. The van der Waals surface area contributed by atoms with Gasteiger partial charge < -0.3 is 0 Å². The van der Waals surface area contributed by atoms with E-state index in [-0.39, 0.29) is 16.5 Å². The molecule has 0 radical (unpaired) electrons.